The van der Waals surface area contributed by atoms with Crippen LogP contribution in [0.2, 0.25) is 5.02 Å². The van der Waals surface area contributed by atoms with E-state index >= 15 is 0 Å². The van der Waals surface area contributed by atoms with Crippen molar-refractivity contribution in [3.63, 3.8) is 0 Å². The first-order chi connectivity index (χ1) is 10.7. The Labute approximate surface area is 134 Å². The number of hydrogen-bond acceptors (Lipinski definition) is 2. The Morgan fingerprint density at radius 2 is 2.05 bits per heavy atom. The van der Waals surface area contributed by atoms with E-state index in [1.165, 1.54) is 5.69 Å². The Morgan fingerprint density at radius 3 is 2.77 bits per heavy atom. The minimum atomic E-state index is 0.453. The first-order valence-electron chi connectivity index (χ1n) is 7.40. The van der Waals surface area contributed by atoms with Crippen LogP contribution < -0.4 is 0 Å². The number of aromatic nitrogens is 2. The van der Waals surface area contributed by atoms with Gasteiger partial charge in [-0.25, -0.2) is 4.98 Å². The van der Waals surface area contributed by atoms with Crippen molar-refractivity contribution in [3.8, 4) is 0 Å². The Morgan fingerprint density at radius 1 is 1.23 bits per heavy atom. The van der Waals surface area contributed by atoms with E-state index in [0.717, 1.165) is 40.7 Å². The first kappa shape index (κ1) is 14.8. The number of carbonyl (C=O) groups is 1. The third-order valence-corrected chi connectivity index (χ3v) is 4.13. The standard InChI is InChI=1S/C18H17ClN2O/c1-2-5-16-10-13-8-9-15(12-22)20-18(13)21(16)11-14-6-3-4-7-17(14)19/h3-4,6-10,12H,2,5,11H2,1H3. The largest absolute Gasteiger partial charge is 0.325 e. The molecule has 22 heavy (non-hydrogen) atoms. The van der Waals surface area contributed by atoms with Gasteiger partial charge in [-0.05, 0) is 36.2 Å². The van der Waals surface area contributed by atoms with Gasteiger partial charge in [-0.2, -0.15) is 0 Å². The zero-order chi connectivity index (χ0) is 15.5. The summed E-state index contributed by atoms with van der Waals surface area (Å²) in [5.41, 5.74) is 3.56. The average Bonchev–Trinajstić information content (AvgIpc) is 2.87. The average molecular weight is 313 g/mol. The number of hydrogen-bond donors (Lipinski definition) is 0. The number of aldehydes is 1. The minimum Gasteiger partial charge on any atom is -0.325 e. The number of aryl methyl sites for hydroxylation is 1. The summed E-state index contributed by atoms with van der Waals surface area (Å²) >= 11 is 6.29. The van der Waals surface area contributed by atoms with E-state index in [2.05, 4.69) is 22.5 Å². The Balaban J connectivity index is 2.14. The zero-order valence-electron chi connectivity index (χ0n) is 12.4. The molecular weight excluding hydrogens is 296 g/mol. The summed E-state index contributed by atoms with van der Waals surface area (Å²) in [5.74, 6) is 0. The zero-order valence-corrected chi connectivity index (χ0v) is 13.2. The molecule has 1 aromatic carbocycles. The molecule has 0 radical (unpaired) electrons. The lowest BCUT2D eigenvalue weighted by molar-refractivity contribution is 0.111. The van der Waals surface area contributed by atoms with Gasteiger partial charge in [-0.15, -0.1) is 0 Å². The van der Waals surface area contributed by atoms with Crippen LogP contribution in [0.4, 0.5) is 0 Å². The molecule has 3 nitrogen and oxygen atoms in total. The summed E-state index contributed by atoms with van der Waals surface area (Å²) in [5, 5.41) is 1.81. The van der Waals surface area contributed by atoms with E-state index in [-0.39, 0.29) is 0 Å². The van der Waals surface area contributed by atoms with Crippen LogP contribution in [0.5, 0.6) is 0 Å². The molecule has 0 atom stereocenters. The topological polar surface area (TPSA) is 34.9 Å². The molecular formula is C18H17ClN2O. The molecule has 3 aromatic rings. The fourth-order valence-electron chi connectivity index (χ4n) is 2.70. The number of fused-ring (bicyclic) bond motifs is 1. The number of carbonyl (C=O) groups excluding carboxylic acids is 1. The van der Waals surface area contributed by atoms with Crippen LogP contribution in [0.3, 0.4) is 0 Å². The molecule has 0 saturated carbocycles. The van der Waals surface area contributed by atoms with E-state index < -0.39 is 0 Å². The second-order valence-electron chi connectivity index (χ2n) is 5.33. The monoisotopic (exact) mass is 312 g/mol. The molecule has 0 aliphatic carbocycles. The molecule has 0 spiro atoms. The smallest absolute Gasteiger partial charge is 0.168 e. The van der Waals surface area contributed by atoms with Gasteiger partial charge in [0.2, 0.25) is 0 Å². The maximum Gasteiger partial charge on any atom is 0.168 e. The molecule has 4 heteroatoms. The maximum absolute atomic E-state index is 11.0. The van der Waals surface area contributed by atoms with Crippen molar-refractivity contribution in [1.82, 2.24) is 9.55 Å². The molecule has 2 aromatic heterocycles. The lowest BCUT2D eigenvalue weighted by Crippen LogP contribution is -2.06. The number of nitrogens with zero attached hydrogens (tertiary/aromatic N) is 2. The number of halogens is 1. The molecule has 0 amide bonds. The Bertz CT molecular complexity index is 823. The summed E-state index contributed by atoms with van der Waals surface area (Å²) in [7, 11) is 0. The molecule has 0 N–H and O–H groups in total. The van der Waals surface area contributed by atoms with Gasteiger partial charge in [-0.3, -0.25) is 4.79 Å². The van der Waals surface area contributed by atoms with Crippen molar-refractivity contribution < 1.29 is 4.79 Å². The fraction of sp³-hybridized carbons (Fsp3) is 0.222. The van der Waals surface area contributed by atoms with Crippen LogP contribution in [0.15, 0.2) is 42.5 Å². The summed E-state index contributed by atoms with van der Waals surface area (Å²) in [4.78, 5) is 15.5. The van der Waals surface area contributed by atoms with Gasteiger partial charge >= 0.3 is 0 Å². The van der Waals surface area contributed by atoms with E-state index in [1.807, 2.05) is 30.3 Å². The number of rotatable bonds is 5. The second-order valence-corrected chi connectivity index (χ2v) is 5.74. The minimum absolute atomic E-state index is 0.453. The van der Waals surface area contributed by atoms with Crippen molar-refractivity contribution in [2.24, 2.45) is 0 Å². The van der Waals surface area contributed by atoms with Gasteiger partial charge in [0.15, 0.2) is 6.29 Å². The van der Waals surface area contributed by atoms with Crippen molar-refractivity contribution >= 4 is 28.9 Å². The Kier molecular flexibility index (Phi) is 4.25. The van der Waals surface area contributed by atoms with E-state index in [9.17, 15) is 4.79 Å². The normalized spacial score (nSPS) is 11.0. The van der Waals surface area contributed by atoms with Gasteiger partial charge in [0.05, 0.1) is 6.54 Å². The summed E-state index contributed by atoms with van der Waals surface area (Å²) in [6, 6.07) is 13.7. The van der Waals surface area contributed by atoms with Crippen molar-refractivity contribution in [2.45, 2.75) is 26.3 Å². The molecule has 112 valence electrons. The van der Waals surface area contributed by atoms with Gasteiger partial charge < -0.3 is 4.57 Å². The van der Waals surface area contributed by atoms with Gasteiger partial charge in [0.25, 0.3) is 0 Å². The highest BCUT2D eigenvalue weighted by atomic mass is 35.5. The number of pyridine rings is 1. The number of benzene rings is 1. The predicted molar refractivity (Wildman–Crippen MR) is 89.7 cm³/mol. The second kappa shape index (κ2) is 6.32. The van der Waals surface area contributed by atoms with Gasteiger partial charge in [-0.1, -0.05) is 43.1 Å². The van der Waals surface area contributed by atoms with Gasteiger partial charge in [0, 0.05) is 16.1 Å². The predicted octanol–water partition coefficient (Wildman–Crippen LogP) is 4.50. The summed E-state index contributed by atoms with van der Waals surface area (Å²) < 4.78 is 2.16. The van der Waals surface area contributed by atoms with Crippen molar-refractivity contribution in [3.05, 3.63) is 64.4 Å². The molecule has 0 aliphatic heterocycles. The third-order valence-electron chi connectivity index (χ3n) is 3.76. The molecule has 3 rings (SSSR count). The molecule has 0 saturated heterocycles. The van der Waals surface area contributed by atoms with Crippen LogP contribution in [-0.2, 0) is 13.0 Å². The fourth-order valence-corrected chi connectivity index (χ4v) is 2.89. The van der Waals surface area contributed by atoms with Crippen molar-refractivity contribution in [1.29, 1.82) is 0 Å². The summed E-state index contributed by atoms with van der Waals surface area (Å²) in [6.45, 7) is 2.82. The summed E-state index contributed by atoms with van der Waals surface area (Å²) in [6.07, 6.45) is 2.81. The molecule has 0 bridgehead atoms. The molecule has 0 fully saturated rings. The quantitative estimate of drug-likeness (QED) is 0.650. The molecule has 2 heterocycles. The maximum atomic E-state index is 11.0. The van der Waals surface area contributed by atoms with E-state index in [4.69, 9.17) is 11.6 Å². The van der Waals surface area contributed by atoms with Crippen LogP contribution in [0.25, 0.3) is 11.0 Å². The highest BCUT2D eigenvalue weighted by Crippen LogP contribution is 2.24. The van der Waals surface area contributed by atoms with Crippen LogP contribution >= 0.6 is 11.6 Å². The third kappa shape index (κ3) is 2.77. The highest BCUT2D eigenvalue weighted by molar-refractivity contribution is 6.31. The highest BCUT2D eigenvalue weighted by Gasteiger charge is 2.12. The molecule has 0 unspecified atom stereocenters. The Hall–Kier alpha value is -2.13. The SMILES string of the molecule is CCCc1cc2ccc(C=O)nc2n1Cc1ccccc1Cl. The first-order valence-corrected chi connectivity index (χ1v) is 7.78. The van der Waals surface area contributed by atoms with Crippen molar-refractivity contribution in [2.75, 3.05) is 0 Å². The molecule has 0 aliphatic rings. The lowest BCUT2D eigenvalue weighted by atomic mass is 10.2. The van der Waals surface area contributed by atoms with Gasteiger partial charge in [0.1, 0.15) is 11.3 Å². The van der Waals surface area contributed by atoms with E-state index in [0.29, 0.717) is 12.2 Å². The van der Waals surface area contributed by atoms with Crippen LogP contribution in [0, 0.1) is 0 Å². The van der Waals surface area contributed by atoms with Crippen LogP contribution in [-0.4, -0.2) is 15.8 Å². The lowest BCUT2D eigenvalue weighted by Gasteiger charge is -2.11. The van der Waals surface area contributed by atoms with Crippen LogP contribution in [0.1, 0.15) is 35.1 Å². The van der Waals surface area contributed by atoms with E-state index in [1.54, 1.807) is 6.07 Å².